The zero-order valence-corrected chi connectivity index (χ0v) is 14.8. The topological polar surface area (TPSA) is 67.9 Å². The van der Waals surface area contributed by atoms with E-state index in [1.165, 1.54) is 36.3 Å². The number of nitrogens with zero attached hydrogens (tertiary/aromatic N) is 1. The van der Waals surface area contributed by atoms with E-state index in [0.29, 0.717) is 11.4 Å². The molecule has 0 spiro atoms. The summed E-state index contributed by atoms with van der Waals surface area (Å²) < 4.78 is 45.4. The Hall–Kier alpha value is -3.23. The molecule has 0 aliphatic heterocycles. The number of ether oxygens (including phenoxy) is 2. The Morgan fingerprint density at radius 3 is 2.19 bits per heavy atom. The molecule has 6 nitrogen and oxygen atoms in total. The minimum atomic E-state index is -4.80. The number of benzene rings is 2. The number of alkyl halides is 3. The molecule has 2 rings (SSSR count). The highest BCUT2D eigenvalue weighted by atomic mass is 19.4. The van der Waals surface area contributed by atoms with Gasteiger partial charge >= 0.3 is 6.36 Å². The molecule has 0 bridgehead atoms. The van der Waals surface area contributed by atoms with Gasteiger partial charge in [-0.2, -0.15) is 0 Å². The summed E-state index contributed by atoms with van der Waals surface area (Å²) in [4.78, 5) is 25.9. The van der Waals surface area contributed by atoms with Gasteiger partial charge in [0.25, 0.3) is 11.8 Å². The van der Waals surface area contributed by atoms with Crippen molar-refractivity contribution in [2.45, 2.75) is 6.36 Å². The summed E-state index contributed by atoms with van der Waals surface area (Å²) in [5.41, 5.74) is 0.719. The number of hydrogen-bond donors (Lipinski definition) is 1. The van der Waals surface area contributed by atoms with Gasteiger partial charge in [0.15, 0.2) is 0 Å². The van der Waals surface area contributed by atoms with E-state index >= 15 is 0 Å². The van der Waals surface area contributed by atoms with E-state index in [-0.39, 0.29) is 17.0 Å². The van der Waals surface area contributed by atoms with Gasteiger partial charge in [0, 0.05) is 25.3 Å². The molecule has 144 valence electrons. The standard InChI is InChI=1S/C18H17F3N2O4/c1-23(2)17(25)14-10-12(6-9-15(14)26-3)22-16(24)11-4-7-13(8-5-11)27-18(19,20)21/h4-10H,1-3H3,(H,22,24). The van der Waals surface area contributed by atoms with Gasteiger partial charge in [0.05, 0.1) is 12.7 Å². The first-order valence-corrected chi connectivity index (χ1v) is 7.67. The molecule has 0 fully saturated rings. The smallest absolute Gasteiger partial charge is 0.496 e. The van der Waals surface area contributed by atoms with E-state index in [4.69, 9.17) is 4.74 Å². The molecule has 27 heavy (non-hydrogen) atoms. The van der Waals surface area contributed by atoms with Crippen molar-refractivity contribution in [2.24, 2.45) is 0 Å². The van der Waals surface area contributed by atoms with E-state index < -0.39 is 18.0 Å². The summed E-state index contributed by atoms with van der Waals surface area (Å²) in [5.74, 6) is -0.943. The maximum Gasteiger partial charge on any atom is 0.573 e. The Labute approximate surface area is 153 Å². The van der Waals surface area contributed by atoms with Gasteiger partial charge in [0.2, 0.25) is 0 Å². The first-order chi connectivity index (χ1) is 12.6. The zero-order valence-electron chi connectivity index (χ0n) is 14.8. The molecule has 0 heterocycles. The van der Waals surface area contributed by atoms with Gasteiger partial charge in [-0.1, -0.05) is 0 Å². The number of rotatable bonds is 5. The predicted molar refractivity (Wildman–Crippen MR) is 92.1 cm³/mol. The largest absolute Gasteiger partial charge is 0.573 e. The van der Waals surface area contributed by atoms with Crippen LogP contribution >= 0.6 is 0 Å². The fraction of sp³-hybridized carbons (Fsp3) is 0.222. The lowest BCUT2D eigenvalue weighted by atomic mass is 10.1. The summed E-state index contributed by atoms with van der Waals surface area (Å²) in [7, 11) is 4.58. The lowest BCUT2D eigenvalue weighted by Crippen LogP contribution is -2.22. The number of hydrogen-bond acceptors (Lipinski definition) is 4. The molecule has 2 amide bonds. The van der Waals surface area contributed by atoms with Crippen molar-refractivity contribution in [2.75, 3.05) is 26.5 Å². The maximum atomic E-state index is 12.3. The van der Waals surface area contributed by atoms with Crippen LogP contribution in [0.2, 0.25) is 0 Å². The maximum absolute atomic E-state index is 12.3. The molecule has 0 aliphatic carbocycles. The second-order valence-electron chi connectivity index (χ2n) is 5.64. The van der Waals surface area contributed by atoms with Gasteiger partial charge in [-0.05, 0) is 42.5 Å². The van der Waals surface area contributed by atoms with Crippen LogP contribution in [0.4, 0.5) is 18.9 Å². The first kappa shape index (κ1) is 20.1. The zero-order chi connectivity index (χ0) is 20.2. The van der Waals surface area contributed by atoms with Crippen LogP contribution in [0.5, 0.6) is 11.5 Å². The van der Waals surface area contributed by atoms with Crippen molar-refractivity contribution in [3.63, 3.8) is 0 Å². The Kier molecular flexibility index (Phi) is 5.94. The van der Waals surface area contributed by atoms with Crippen LogP contribution in [0.3, 0.4) is 0 Å². The second-order valence-corrected chi connectivity index (χ2v) is 5.64. The van der Waals surface area contributed by atoms with E-state index in [1.54, 1.807) is 20.2 Å². The number of anilines is 1. The monoisotopic (exact) mass is 382 g/mol. The van der Waals surface area contributed by atoms with Crippen molar-refractivity contribution >= 4 is 17.5 Å². The average Bonchev–Trinajstić information content (AvgIpc) is 2.60. The van der Waals surface area contributed by atoms with Crippen LogP contribution in [0.15, 0.2) is 42.5 Å². The van der Waals surface area contributed by atoms with Crippen molar-refractivity contribution in [3.05, 3.63) is 53.6 Å². The summed E-state index contributed by atoms with van der Waals surface area (Å²) in [6, 6.07) is 9.02. The van der Waals surface area contributed by atoms with Gasteiger partial charge in [-0.3, -0.25) is 9.59 Å². The Bertz CT molecular complexity index is 833. The normalized spacial score (nSPS) is 10.9. The van der Waals surface area contributed by atoms with E-state index in [9.17, 15) is 22.8 Å². The van der Waals surface area contributed by atoms with E-state index in [2.05, 4.69) is 10.1 Å². The molecule has 1 N–H and O–H groups in total. The third kappa shape index (κ3) is 5.37. The van der Waals surface area contributed by atoms with E-state index in [0.717, 1.165) is 12.1 Å². The lowest BCUT2D eigenvalue weighted by Gasteiger charge is -2.15. The second kappa shape index (κ2) is 7.98. The van der Waals surface area contributed by atoms with Crippen LogP contribution in [0.25, 0.3) is 0 Å². The lowest BCUT2D eigenvalue weighted by molar-refractivity contribution is -0.274. The highest BCUT2D eigenvalue weighted by molar-refractivity contribution is 6.05. The molecule has 0 aliphatic rings. The van der Waals surface area contributed by atoms with Gasteiger partial charge in [-0.25, -0.2) is 0 Å². The minimum Gasteiger partial charge on any atom is -0.496 e. The van der Waals surface area contributed by atoms with Crippen LogP contribution in [-0.4, -0.2) is 44.3 Å². The van der Waals surface area contributed by atoms with Crippen molar-refractivity contribution < 1.29 is 32.2 Å². The number of carbonyl (C=O) groups excluding carboxylic acids is 2. The Balaban J connectivity index is 2.18. The van der Waals surface area contributed by atoms with Gasteiger partial charge in [-0.15, -0.1) is 13.2 Å². The summed E-state index contributed by atoms with van der Waals surface area (Å²) in [6.07, 6.45) is -4.80. The molecule has 0 unspecified atom stereocenters. The van der Waals surface area contributed by atoms with Crippen LogP contribution in [-0.2, 0) is 0 Å². The third-order valence-electron chi connectivity index (χ3n) is 3.44. The summed E-state index contributed by atoms with van der Waals surface area (Å²) in [6.45, 7) is 0. The quantitative estimate of drug-likeness (QED) is 0.859. The Morgan fingerprint density at radius 2 is 1.67 bits per heavy atom. The number of nitrogens with one attached hydrogen (secondary N) is 1. The molecular formula is C18H17F3N2O4. The molecule has 0 atom stereocenters. The molecule has 9 heteroatoms. The molecule has 2 aromatic carbocycles. The van der Waals surface area contributed by atoms with Crippen LogP contribution in [0.1, 0.15) is 20.7 Å². The average molecular weight is 382 g/mol. The number of halogens is 3. The molecule has 0 saturated heterocycles. The fourth-order valence-electron chi connectivity index (χ4n) is 2.21. The van der Waals surface area contributed by atoms with Crippen LogP contribution < -0.4 is 14.8 Å². The van der Waals surface area contributed by atoms with Gasteiger partial charge in [0.1, 0.15) is 11.5 Å². The molecule has 0 saturated carbocycles. The van der Waals surface area contributed by atoms with Crippen molar-refractivity contribution in [1.82, 2.24) is 4.90 Å². The number of amides is 2. The highest BCUT2D eigenvalue weighted by Crippen LogP contribution is 2.25. The highest BCUT2D eigenvalue weighted by Gasteiger charge is 2.31. The SMILES string of the molecule is COc1ccc(NC(=O)c2ccc(OC(F)(F)F)cc2)cc1C(=O)N(C)C. The van der Waals surface area contributed by atoms with Crippen molar-refractivity contribution in [1.29, 1.82) is 0 Å². The third-order valence-corrected chi connectivity index (χ3v) is 3.44. The fourth-order valence-corrected chi connectivity index (χ4v) is 2.21. The predicted octanol–water partition coefficient (Wildman–Crippen LogP) is 3.55. The van der Waals surface area contributed by atoms with E-state index in [1.807, 2.05) is 0 Å². The molecule has 2 aromatic rings. The van der Waals surface area contributed by atoms with Gasteiger partial charge < -0.3 is 19.7 Å². The van der Waals surface area contributed by atoms with Crippen LogP contribution in [0, 0.1) is 0 Å². The molecule has 0 radical (unpaired) electrons. The number of methoxy groups -OCH3 is 1. The molecular weight excluding hydrogens is 365 g/mol. The van der Waals surface area contributed by atoms with Crippen molar-refractivity contribution in [3.8, 4) is 11.5 Å². The minimum absolute atomic E-state index is 0.126. The molecule has 0 aromatic heterocycles. The summed E-state index contributed by atoms with van der Waals surface area (Å²) in [5, 5.41) is 2.58. The first-order valence-electron chi connectivity index (χ1n) is 7.67. The summed E-state index contributed by atoms with van der Waals surface area (Å²) >= 11 is 0. The Morgan fingerprint density at radius 1 is 1.04 bits per heavy atom. The number of carbonyl (C=O) groups is 2.